The van der Waals surface area contributed by atoms with Gasteiger partial charge < -0.3 is 31.7 Å². The molecule has 0 radical (unpaired) electrons. The topological polar surface area (TPSA) is 206 Å². The quantitative estimate of drug-likeness (QED) is 0.0752. The van der Waals surface area contributed by atoms with E-state index < -0.39 is 35.8 Å². The summed E-state index contributed by atoms with van der Waals surface area (Å²) >= 11 is 0. The number of esters is 1. The number of benzene rings is 1. The second kappa shape index (κ2) is 20.5. The Balaban J connectivity index is 1.95. The number of anilines is 1. The number of nitrogens with one attached hydrogen (secondary N) is 4. The number of rotatable bonds is 20. The number of hydrogen-bond donors (Lipinski definition) is 5. The zero-order chi connectivity index (χ0) is 39.2. The lowest BCUT2D eigenvalue weighted by molar-refractivity contribution is -0.148. The Morgan fingerprint density at radius 2 is 1.56 bits per heavy atom. The highest BCUT2D eigenvalue weighted by atomic mass is 16.5. The van der Waals surface area contributed by atoms with Gasteiger partial charge in [-0.25, -0.2) is 4.79 Å². The molecule has 0 aromatic heterocycles. The van der Waals surface area contributed by atoms with E-state index in [1.807, 2.05) is 34.6 Å². The molecule has 4 atom stereocenters. The third kappa shape index (κ3) is 14.3. The monoisotopic (exact) mass is 728 g/mol. The van der Waals surface area contributed by atoms with E-state index in [0.717, 1.165) is 5.56 Å². The number of nitrogens with two attached hydrogens (primary N) is 1. The molecule has 0 spiro atoms. The molecule has 1 heterocycles. The molecule has 7 amide bonds. The minimum atomic E-state index is -0.953. The molecule has 290 valence electrons. The maximum Gasteiger partial charge on any atom is 0.312 e. The number of primary amides is 1. The number of nitrogens with zero attached hydrogens (tertiary/aromatic N) is 1. The molecule has 0 aliphatic carbocycles. The van der Waals surface area contributed by atoms with E-state index in [4.69, 9.17) is 10.5 Å². The van der Waals surface area contributed by atoms with Gasteiger partial charge in [-0.15, -0.1) is 0 Å². The van der Waals surface area contributed by atoms with Crippen molar-refractivity contribution >= 4 is 47.2 Å². The zero-order valence-corrected chi connectivity index (χ0v) is 32.1. The predicted molar refractivity (Wildman–Crippen MR) is 197 cm³/mol. The van der Waals surface area contributed by atoms with Crippen molar-refractivity contribution < 1.29 is 38.3 Å². The van der Waals surface area contributed by atoms with Gasteiger partial charge in [0.2, 0.25) is 29.5 Å². The van der Waals surface area contributed by atoms with Gasteiger partial charge >= 0.3 is 12.0 Å². The number of urea groups is 1. The molecule has 52 heavy (non-hydrogen) atoms. The third-order valence-corrected chi connectivity index (χ3v) is 9.20. The van der Waals surface area contributed by atoms with Crippen molar-refractivity contribution in [1.29, 1.82) is 0 Å². The van der Waals surface area contributed by atoms with E-state index in [2.05, 4.69) is 21.3 Å². The predicted octanol–water partition coefficient (Wildman–Crippen LogP) is 4.02. The number of ether oxygens (including phenoxy) is 1. The molecule has 1 fully saturated rings. The van der Waals surface area contributed by atoms with Gasteiger partial charge in [0.05, 0.1) is 17.8 Å². The Morgan fingerprint density at radius 1 is 0.904 bits per heavy atom. The van der Waals surface area contributed by atoms with Crippen molar-refractivity contribution in [3.63, 3.8) is 0 Å². The molecule has 2 rings (SSSR count). The first-order valence-electron chi connectivity index (χ1n) is 18.4. The van der Waals surface area contributed by atoms with Crippen molar-refractivity contribution in [2.45, 2.75) is 119 Å². The number of carbonyl (C=O) groups is 7. The maximum atomic E-state index is 13.7. The van der Waals surface area contributed by atoms with Crippen molar-refractivity contribution in [3.8, 4) is 0 Å². The number of imide groups is 1. The number of carbonyl (C=O) groups excluding carboxylic acids is 7. The molecule has 2 unspecified atom stereocenters. The van der Waals surface area contributed by atoms with Gasteiger partial charge in [-0.2, -0.15) is 0 Å². The van der Waals surface area contributed by atoms with E-state index in [9.17, 15) is 33.6 Å². The molecule has 0 saturated carbocycles. The van der Waals surface area contributed by atoms with Crippen molar-refractivity contribution in [2.75, 3.05) is 18.4 Å². The van der Waals surface area contributed by atoms with Crippen LogP contribution in [-0.4, -0.2) is 71.6 Å². The summed E-state index contributed by atoms with van der Waals surface area (Å²) in [6.45, 7) is 15.5. The van der Waals surface area contributed by atoms with Gasteiger partial charge in [0.25, 0.3) is 0 Å². The van der Waals surface area contributed by atoms with Gasteiger partial charge in [0, 0.05) is 37.7 Å². The van der Waals surface area contributed by atoms with Crippen LogP contribution < -0.4 is 27.0 Å². The summed E-state index contributed by atoms with van der Waals surface area (Å²) in [5.74, 6) is -3.06. The van der Waals surface area contributed by atoms with Crippen molar-refractivity contribution in [2.24, 2.45) is 34.8 Å². The lowest BCUT2D eigenvalue weighted by Gasteiger charge is -2.29. The Labute approximate surface area is 308 Å². The second-order valence-corrected chi connectivity index (χ2v) is 15.4. The molecule has 14 nitrogen and oxygen atoms in total. The molecule has 1 saturated heterocycles. The van der Waals surface area contributed by atoms with E-state index in [-0.39, 0.29) is 79.3 Å². The van der Waals surface area contributed by atoms with Crippen LogP contribution in [-0.2, 0) is 40.1 Å². The number of likely N-dealkylation sites (tertiary alicyclic amines) is 1. The van der Waals surface area contributed by atoms with Gasteiger partial charge in [0.1, 0.15) is 12.6 Å². The van der Waals surface area contributed by atoms with Crippen LogP contribution in [0, 0.1) is 29.1 Å². The fraction of sp³-hybridized carbons (Fsp3) is 0.658. The smallest absolute Gasteiger partial charge is 0.312 e. The van der Waals surface area contributed by atoms with Gasteiger partial charge in [-0.3, -0.25) is 33.7 Å². The Hall–Kier alpha value is -4.49. The summed E-state index contributed by atoms with van der Waals surface area (Å²) in [7, 11) is 0. The highest BCUT2D eigenvalue weighted by Crippen LogP contribution is 2.35. The Kier molecular flexibility index (Phi) is 17.2. The summed E-state index contributed by atoms with van der Waals surface area (Å²) in [5.41, 5.74) is 6.12. The third-order valence-electron chi connectivity index (χ3n) is 9.20. The number of hydrogen-bond acceptors (Lipinski definition) is 8. The molecular formula is C38H60N6O8. The minimum absolute atomic E-state index is 0.101. The van der Waals surface area contributed by atoms with Crippen LogP contribution in [0.2, 0.25) is 0 Å². The van der Waals surface area contributed by atoms with Gasteiger partial charge in [0.15, 0.2) is 0 Å². The number of amides is 7. The zero-order valence-electron chi connectivity index (χ0n) is 32.1. The molecule has 6 N–H and O–H groups in total. The van der Waals surface area contributed by atoms with Gasteiger partial charge in [-0.1, -0.05) is 67.0 Å². The summed E-state index contributed by atoms with van der Waals surface area (Å²) in [4.78, 5) is 89.4. The summed E-state index contributed by atoms with van der Waals surface area (Å²) in [5, 5.41) is 11.1. The van der Waals surface area contributed by atoms with E-state index in [0.29, 0.717) is 37.9 Å². The largest absolute Gasteiger partial charge is 0.461 e. The van der Waals surface area contributed by atoms with Crippen LogP contribution in [0.4, 0.5) is 10.5 Å². The van der Waals surface area contributed by atoms with E-state index >= 15 is 0 Å². The molecule has 1 aromatic rings. The summed E-state index contributed by atoms with van der Waals surface area (Å²) in [6, 6.07) is 4.61. The van der Waals surface area contributed by atoms with E-state index in [1.165, 1.54) is 4.90 Å². The lowest BCUT2D eigenvalue weighted by Crippen LogP contribution is -2.52. The first-order valence-corrected chi connectivity index (χ1v) is 18.4. The highest BCUT2D eigenvalue weighted by molar-refractivity contribution is 6.04. The normalized spacial score (nSPS) is 16.3. The molecule has 1 aromatic carbocycles. The fourth-order valence-corrected chi connectivity index (χ4v) is 6.14. The standard InChI is InChI=1S/C38H60N6O8/c1-23(2)32(25(5)41-30(45)14-10-9-11-20-44-31(46)21-28(35(44)49)38(6,7)8)34(48)43-29(13-12-19-40-37(39)51)33(47)42-27-17-15-26(16-18-27)22-52-36(50)24(3)4/h15-18,23-25,28-29,32H,9-14,19-22H2,1-8H3,(H,41,45)(H,42,47)(H,43,48)(H3,39,40,51)/t25?,28?,29-,32+/m0/s1. The van der Waals surface area contributed by atoms with Crippen LogP contribution in [0.3, 0.4) is 0 Å². The van der Waals surface area contributed by atoms with Crippen molar-refractivity contribution in [1.82, 2.24) is 20.9 Å². The maximum absolute atomic E-state index is 13.7. The molecule has 1 aliphatic heterocycles. The van der Waals surface area contributed by atoms with Crippen LogP contribution in [0.5, 0.6) is 0 Å². The lowest BCUT2D eigenvalue weighted by atomic mass is 9.80. The second-order valence-electron chi connectivity index (χ2n) is 15.4. The molecule has 1 aliphatic rings. The number of unbranched alkanes of at least 4 members (excludes halogenated alkanes) is 2. The van der Waals surface area contributed by atoms with Gasteiger partial charge in [-0.05, 0) is 61.6 Å². The first-order chi connectivity index (χ1) is 24.3. The average molecular weight is 729 g/mol. The van der Waals surface area contributed by atoms with E-state index in [1.54, 1.807) is 45.0 Å². The summed E-state index contributed by atoms with van der Waals surface area (Å²) in [6.07, 6.45) is 2.84. The molecule has 14 heteroatoms. The first kappa shape index (κ1) is 43.7. The van der Waals surface area contributed by atoms with Crippen LogP contribution >= 0.6 is 0 Å². The summed E-state index contributed by atoms with van der Waals surface area (Å²) < 4.78 is 5.25. The highest BCUT2D eigenvalue weighted by Gasteiger charge is 2.44. The Bertz CT molecular complexity index is 1400. The van der Waals surface area contributed by atoms with Crippen LogP contribution in [0.15, 0.2) is 24.3 Å². The minimum Gasteiger partial charge on any atom is -0.461 e. The van der Waals surface area contributed by atoms with Crippen LogP contribution in [0.1, 0.15) is 106 Å². The van der Waals surface area contributed by atoms with Crippen LogP contribution in [0.25, 0.3) is 0 Å². The molecule has 0 bridgehead atoms. The molecular weight excluding hydrogens is 668 g/mol. The fourth-order valence-electron chi connectivity index (χ4n) is 6.14. The average Bonchev–Trinajstić information content (AvgIpc) is 3.34. The SMILES string of the molecule is CC(C)C(=O)OCc1ccc(NC(=O)[C@H](CCCNC(N)=O)NC(=O)[C@H](C(C)C)C(C)NC(=O)CCCCCN2C(=O)CC(C(C)(C)C)C2=O)cc1. The van der Waals surface area contributed by atoms with Crippen molar-refractivity contribution in [3.05, 3.63) is 29.8 Å². The Morgan fingerprint density at radius 3 is 2.12 bits per heavy atom.